The summed E-state index contributed by atoms with van der Waals surface area (Å²) in [5.41, 5.74) is 1.02. The van der Waals surface area contributed by atoms with Crippen LogP contribution in [0.4, 0.5) is 8.78 Å². The summed E-state index contributed by atoms with van der Waals surface area (Å²) in [5, 5.41) is 10.4. The van der Waals surface area contributed by atoms with Crippen molar-refractivity contribution >= 4 is 17.5 Å². The summed E-state index contributed by atoms with van der Waals surface area (Å²) in [7, 11) is 0. The monoisotopic (exact) mass is 570 g/mol. The molecular formula is C31H37ClF2N4O2. The molecule has 0 saturated carbocycles. The highest BCUT2D eigenvalue weighted by Crippen LogP contribution is 2.54. The van der Waals surface area contributed by atoms with Crippen LogP contribution in [0.15, 0.2) is 24.3 Å². The fraction of sp³-hybridized carbons (Fsp3) is 0.581. The topological polar surface area (TPSA) is 69.5 Å². The van der Waals surface area contributed by atoms with Gasteiger partial charge in [0.25, 0.3) is 0 Å². The number of pyridine rings is 1. The number of benzene rings is 1. The molecule has 0 N–H and O–H groups in total. The number of carbonyl (C=O) groups is 1. The smallest absolute Gasteiger partial charge is 0.227 e. The van der Waals surface area contributed by atoms with Gasteiger partial charge in [0.15, 0.2) is 0 Å². The largest absolute Gasteiger partial charge is 0.359 e. The van der Waals surface area contributed by atoms with Gasteiger partial charge in [-0.25, -0.2) is 8.78 Å². The van der Waals surface area contributed by atoms with Crippen LogP contribution in [0.5, 0.6) is 0 Å². The molecule has 1 aromatic heterocycles. The first-order valence-corrected chi connectivity index (χ1v) is 14.3. The summed E-state index contributed by atoms with van der Waals surface area (Å²) in [5.74, 6) is -2.09. The van der Waals surface area contributed by atoms with Gasteiger partial charge in [-0.2, -0.15) is 5.26 Å². The van der Waals surface area contributed by atoms with E-state index in [1.54, 1.807) is 0 Å². The minimum Gasteiger partial charge on any atom is -0.359 e. The number of fused-ring (bicyclic) bond motifs is 2. The first kappa shape index (κ1) is 28.9. The lowest BCUT2D eigenvalue weighted by molar-refractivity contribution is -0.153. The molecule has 0 radical (unpaired) electrons. The number of ether oxygens (including phenoxy) is 1. The predicted octanol–water partition coefficient (Wildman–Crippen LogP) is 6.27. The second kappa shape index (κ2) is 10.0. The van der Waals surface area contributed by atoms with E-state index in [1.807, 2.05) is 31.7 Å². The minimum atomic E-state index is -0.793. The summed E-state index contributed by atoms with van der Waals surface area (Å²) in [4.78, 5) is 22.9. The lowest BCUT2D eigenvalue weighted by Gasteiger charge is -2.41. The van der Waals surface area contributed by atoms with Crippen molar-refractivity contribution in [3.8, 4) is 6.07 Å². The van der Waals surface area contributed by atoms with Gasteiger partial charge >= 0.3 is 0 Å². The number of halogens is 3. The summed E-state index contributed by atoms with van der Waals surface area (Å²) < 4.78 is 35.3. The van der Waals surface area contributed by atoms with Gasteiger partial charge in [0.2, 0.25) is 5.91 Å². The Balaban J connectivity index is 1.41. The Morgan fingerprint density at radius 2 is 1.80 bits per heavy atom. The second-order valence-electron chi connectivity index (χ2n) is 13.1. The Morgan fingerprint density at radius 3 is 2.40 bits per heavy atom. The van der Waals surface area contributed by atoms with Crippen molar-refractivity contribution in [3.63, 3.8) is 0 Å². The molecule has 3 aliphatic heterocycles. The molecule has 214 valence electrons. The van der Waals surface area contributed by atoms with Crippen molar-refractivity contribution in [1.82, 2.24) is 14.8 Å². The van der Waals surface area contributed by atoms with Crippen LogP contribution in [0.2, 0.25) is 5.02 Å². The quantitative estimate of drug-likeness (QED) is 0.435. The summed E-state index contributed by atoms with van der Waals surface area (Å²) in [6.45, 7) is 13.7. The fourth-order valence-electron chi connectivity index (χ4n) is 6.50. The van der Waals surface area contributed by atoms with Gasteiger partial charge in [-0.1, -0.05) is 17.7 Å². The number of nitriles is 1. The van der Waals surface area contributed by atoms with Crippen molar-refractivity contribution in [2.75, 3.05) is 26.2 Å². The molecule has 5 rings (SSSR count). The van der Waals surface area contributed by atoms with Gasteiger partial charge in [-0.05, 0) is 72.1 Å². The predicted molar refractivity (Wildman–Crippen MR) is 149 cm³/mol. The molecule has 40 heavy (non-hydrogen) atoms. The molecule has 3 aliphatic rings. The lowest BCUT2D eigenvalue weighted by Crippen LogP contribution is -2.49. The third-order valence-corrected chi connectivity index (χ3v) is 9.40. The van der Waals surface area contributed by atoms with E-state index in [1.165, 1.54) is 12.1 Å². The third kappa shape index (κ3) is 4.91. The number of hydrogen-bond donors (Lipinski definition) is 0. The molecule has 0 aliphatic carbocycles. The van der Waals surface area contributed by atoms with Crippen LogP contribution >= 0.6 is 11.6 Å². The number of amides is 1. The van der Waals surface area contributed by atoms with Crippen LogP contribution in [0, 0.1) is 41.2 Å². The molecule has 4 heterocycles. The maximum atomic E-state index is 14.9. The standard InChI is InChI=1S/C31H37ClF2N4O2/c1-18-24(32)14-21-26(36-18)31(40-27(21)30(5,6)17-35)9-11-37(12-10-31)28(39)23-16-38(29(2,3)4)15-22(23)20-8-7-19(33)13-25(20)34/h7-8,13-14,22-23,27H,9-12,15-16H2,1-6H3/t22-,23+,27?/m0/s1. The zero-order chi connectivity index (χ0) is 29.2. The van der Waals surface area contributed by atoms with Gasteiger partial charge < -0.3 is 9.64 Å². The Kier molecular flexibility index (Phi) is 7.26. The highest BCUT2D eigenvalue weighted by Gasteiger charge is 2.54. The van der Waals surface area contributed by atoms with Gasteiger partial charge in [-0.3, -0.25) is 14.7 Å². The van der Waals surface area contributed by atoms with E-state index in [-0.39, 0.29) is 17.4 Å². The van der Waals surface area contributed by atoms with Crippen LogP contribution in [0.25, 0.3) is 0 Å². The molecule has 6 nitrogen and oxygen atoms in total. The number of aromatic nitrogens is 1. The number of aryl methyl sites for hydroxylation is 1. The van der Waals surface area contributed by atoms with Crippen molar-refractivity contribution < 1.29 is 18.3 Å². The van der Waals surface area contributed by atoms with Gasteiger partial charge in [0, 0.05) is 49.3 Å². The second-order valence-corrected chi connectivity index (χ2v) is 13.5. The summed E-state index contributed by atoms with van der Waals surface area (Å²) in [6.07, 6.45) is 0.577. The number of nitrogens with zero attached hydrogens (tertiary/aromatic N) is 4. The molecule has 2 saturated heterocycles. The van der Waals surface area contributed by atoms with Gasteiger partial charge in [0.1, 0.15) is 23.3 Å². The van der Waals surface area contributed by atoms with Crippen LogP contribution in [0.3, 0.4) is 0 Å². The molecule has 0 bridgehead atoms. The molecular weight excluding hydrogens is 534 g/mol. The zero-order valence-corrected chi connectivity index (χ0v) is 24.8. The molecule has 1 amide bonds. The highest BCUT2D eigenvalue weighted by atomic mass is 35.5. The Hall–Kier alpha value is -2.60. The van der Waals surface area contributed by atoms with Gasteiger partial charge in [0.05, 0.1) is 33.8 Å². The molecule has 2 fully saturated rings. The maximum absolute atomic E-state index is 14.9. The van der Waals surface area contributed by atoms with E-state index in [4.69, 9.17) is 21.3 Å². The average molecular weight is 571 g/mol. The number of likely N-dealkylation sites (tertiary alicyclic amines) is 2. The minimum absolute atomic E-state index is 0.0253. The Labute approximate surface area is 240 Å². The SMILES string of the molecule is Cc1nc2c(cc1Cl)C(C(C)(C)C#N)OC21CCN(C(=O)[C@@H]2CN(C(C)(C)C)C[C@H]2c2ccc(F)cc2F)CC1. The Morgan fingerprint density at radius 1 is 1.12 bits per heavy atom. The first-order valence-electron chi connectivity index (χ1n) is 13.9. The molecule has 1 unspecified atom stereocenters. The normalized spacial score (nSPS) is 24.8. The van der Waals surface area contributed by atoms with Crippen LogP contribution in [0.1, 0.15) is 82.0 Å². The van der Waals surface area contributed by atoms with Crippen molar-refractivity contribution in [1.29, 1.82) is 5.26 Å². The number of piperidine rings is 1. The van der Waals surface area contributed by atoms with Crippen molar-refractivity contribution in [2.24, 2.45) is 11.3 Å². The molecule has 2 aromatic rings. The van der Waals surface area contributed by atoms with E-state index >= 15 is 0 Å². The summed E-state index contributed by atoms with van der Waals surface area (Å²) in [6, 6.07) is 7.88. The van der Waals surface area contributed by atoms with Crippen molar-refractivity contribution in [2.45, 2.75) is 77.5 Å². The summed E-state index contributed by atoms with van der Waals surface area (Å²) >= 11 is 6.44. The van der Waals surface area contributed by atoms with Crippen molar-refractivity contribution in [3.05, 3.63) is 63.4 Å². The molecule has 9 heteroatoms. The van der Waals surface area contributed by atoms with Crippen LogP contribution in [-0.2, 0) is 15.1 Å². The molecule has 1 spiro atoms. The molecule has 3 atom stereocenters. The Bertz CT molecular complexity index is 1370. The highest BCUT2D eigenvalue weighted by molar-refractivity contribution is 6.31. The lowest BCUT2D eigenvalue weighted by atomic mass is 9.82. The third-order valence-electron chi connectivity index (χ3n) is 9.01. The van der Waals surface area contributed by atoms with E-state index in [2.05, 4.69) is 31.7 Å². The number of rotatable bonds is 3. The number of carbonyl (C=O) groups excluding carboxylic acids is 1. The van der Waals surface area contributed by atoms with Gasteiger partial charge in [-0.15, -0.1) is 0 Å². The van der Waals surface area contributed by atoms with E-state index in [9.17, 15) is 18.8 Å². The fourth-order valence-corrected chi connectivity index (χ4v) is 6.66. The maximum Gasteiger partial charge on any atom is 0.227 e. The van der Waals surface area contributed by atoms with E-state index in [0.29, 0.717) is 55.3 Å². The van der Waals surface area contributed by atoms with E-state index in [0.717, 1.165) is 17.3 Å². The van der Waals surface area contributed by atoms with Crippen LogP contribution in [-0.4, -0.2) is 52.4 Å². The van der Waals surface area contributed by atoms with Crippen LogP contribution < -0.4 is 0 Å². The first-order chi connectivity index (χ1) is 18.7. The average Bonchev–Trinajstić information content (AvgIpc) is 3.46. The van der Waals surface area contributed by atoms with E-state index < -0.39 is 34.7 Å². The number of hydrogen-bond acceptors (Lipinski definition) is 5. The molecule has 1 aromatic carbocycles. The zero-order valence-electron chi connectivity index (χ0n) is 24.0.